The quantitative estimate of drug-likeness (QED) is 0.167. The van der Waals surface area contributed by atoms with E-state index in [0.717, 1.165) is 39.6 Å². The summed E-state index contributed by atoms with van der Waals surface area (Å²) in [7, 11) is 0. The molecule has 4 nitrogen and oxygen atoms in total. The summed E-state index contributed by atoms with van der Waals surface area (Å²) in [5.41, 5.74) is 3.01. The van der Waals surface area contributed by atoms with E-state index in [1.807, 2.05) is 66.7 Å². The predicted octanol–water partition coefficient (Wildman–Crippen LogP) is 8.82. The predicted molar refractivity (Wildman–Crippen MR) is 151 cm³/mol. The van der Waals surface area contributed by atoms with E-state index >= 15 is 0 Å². The number of aliphatic carboxylic acids is 1. The summed E-state index contributed by atoms with van der Waals surface area (Å²) >= 11 is 1.38. The molecule has 0 aliphatic heterocycles. The van der Waals surface area contributed by atoms with Crippen LogP contribution in [-0.2, 0) is 4.79 Å². The Morgan fingerprint density at radius 3 is 1.72 bits per heavy atom. The normalized spacial score (nSPS) is 11.2. The van der Waals surface area contributed by atoms with E-state index in [-0.39, 0.29) is 0 Å². The van der Waals surface area contributed by atoms with Crippen molar-refractivity contribution in [2.75, 3.05) is 4.90 Å². The van der Waals surface area contributed by atoms with Gasteiger partial charge in [-0.3, -0.25) is 0 Å². The summed E-state index contributed by atoms with van der Waals surface area (Å²) < 4.78 is 29.4. The molecule has 0 bridgehead atoms. The molecule has 1 N–H and O–H groups in total. The van der Waals surface area contributed by atoms with Gasteiger partial charge in [-0.15, -0.1) is 11.3 Å². The van der Waals surface area contributed by atoms with E-state index in [0.29, 0.717) is 16.5 Å². The number of hydrogen-bond donors (Lipinski definition) is 1. The number of halogens is 2. The van der Waals surface area contributed by atoms with Gasteiger partial charge in [-0.05, 0) is 77.9 Å². The smallest absolute Gasteiger partial charge is 0.346 e. The van der Waals surface area contributed by atoms with Gasteiger partial charge in [0.25, 0.3) is 0 Å². The van der Waals surface area contributed by atoms with Crippen molar-refractivity contribution in [3.05, 3.63) is 132 Å². The highest BCUT2D eigenvalue weighted by molar-refractivity contribution is 7.18. The molecule has 0 unspecified atom stereocenters. The van der Waals surface area contributed by atoms with E-state index in [4.69, 9.17) is 10.4 Å². The minimum atomic E-state index is -1.55. The zero-order valence-corrected chi connectivity index (χ0v) is 21.2. The molecule has 7 heteroatoms. The van der Waals surface area contributed by atoms with Gasteiger partial charge < -0.3 is 10.0 Å². The fourth-order valence-corrected chi connectivity index (χ4v) is 5.17. The van der Waals surface area contributed by atoms with Crippen LogP contribution >= 0.6 is 11.3 Å². The molecular formula is C32H20F2N2O2S. The van der Waals surface area contributed by atoms with Crippen molar-refractivity contribution in [1.29, 1.82) is 5.26 Å². The number of carbonyl (C=O) groups is 1. The molecule has 0 spiro atoms. The molecule has 0 saturated heterocycles. The molecule has 0 aliphatic rings. The average molecular weight is 535 g/mol. The van der Waals surface area contributed by atoms with Crippen LogP contribution in [0, 0.1) is 23.0 Å². The first kappa shape index (κ1) is 25.6. The number of nitriles is 1. The molecular weight excluding hydrogens is 514 g/mol. The van der Waals surface area contributed by atoms with Crippen LogP contribution in [0.2, 0.25) is 0 Å². The van der Waals surface area contributed by atoms with Crippen LogP contribution in [0.25, 0.3) is 27.0 Å². The number of rotatable bonds is 7. The Balaban J connectivity index is 1.44. The summed E-state index contributed by atoms with van der Waals surface area (Å²) in [4.78, 5) is 14.8. The number of hydrogen-bond acceptors (Lipinski definition) is 4. The van der Waals surface area contributed by atoms with Crippen molar-refractivity contribution in [2.45, 2.75) is 0 Å². The minimum Gasteiger partial charge on any atom is -0.477 e. The molecule has 5 aromatic rings. The van der Waals surface area contributed by atoms with E-state index in [1.54, 1.807) is 6.07 Å². The second-order valence-electron chi connectivity index (χ2n) is 8.55. The van der Waals surface area contributed by atoms with Gasteiger partial charge in [-0.25, -0.2) is 13.6 Å². The average Bonchev–Trinajstić information content (AvgIpc) is 3.45. The number of carboxylic acid groups (broad SMARTS) is 1. The first-order valence-corrected chi connectivity index (χ1v) is 12.7. The Kier molecular flexibility index (Phi) is 7.30. The molecule has 0 amide bonds. The highest BCUT2D eigenvalue weighted by Gasteiger charge is 2.16. The molecule has 0 saturated carbocycles. The molecule has 0 atom stereocenters. The second kappa shape index (κ2) is 11.1. The van der Waals surface area contributed by atoms with E-state index in [9.17, 15) is 13.6 Å². The van der Waals surface area contributed by atoms with Crippen LogP contribution in [-0.4, -0.2) is 11.1 Å². The Hall–Kier alpha value is -5.06. The summed E-state index contributed by atoms with van der Waals surface area (Å²) in [5, 5.41) is 17.9. The van der Waals surface area contributed by atoms with Gasteiger partial charge in [-0.1, -0.05) is 48.5 Å². The third kappa shape index (κ3) is 5.47. The van der Waals surface area contributed by atoms with Gasteiger partial charge in [0.05, 0.1) is 0 Å². The molecule has 1 aromatic heterocycles. The summed E-state index contributed by atoms with van der Waals surface area (Å²) in [6, 6.07) is 35.6. The summed E-state index contributed by atoms with van der Waals surface area (Å²) in [6.07, 6.45) is 0.701. The van der Waals surface area contributed by atoms with Crippen LogP contribution in [0.1, 0.15) is 5.56 Å². The van der Waals surface area contributed by atoms with Gasteiger partial charge >= 0.3 is 5.97 Å². The first-order valence-electron chi connectivity index (χ1n) is 11.9. The van der Waals surface area contributed by atoms with Crippen molar-refractivity contribution >= 4 is 40.4 Å². The van der Waals surface area contributed by atoms with Crippen molar-refractivity contribution < 1.29 is 18.7 Å². The van der Waals surface area contributed by atoms with Crippen LogP contribution in [0.4, 0.5) is 25.8 Å². The largest absolute Gasteiger partial charge is 0.477 e. The minimum absolute atomic E-state index is 0.322. The third-order valence-electron chi connectivity index (χ3n) is 6.05. The first-order chi connectivity index (χ1) is 18.9. The van der Waals surface area contributed by atoms with Crippen molar-refractivity contribution in [1.82, 2.24) is 0 Å². The molecule has 39 heavy (non-hydrogen) atoms. The van der Waals surface area contributed by atoms with Crippen molar-refractivity contribution in [3.63, 3.8) is 0 Å². The van der Waals surface area contributed by atoms with Gasteiger partial charge in [0.15, 0.2) is 0 Å². The third-order valence-corrected chi connectivity index (χ3v) is 7.23. The van der Waals surface area contributed by atoms with Gasteiger partial charge in [0.2, 0.25) is 0 Å². The number of benzene rings is 4. The monoisotopic (exact) mass is 534 g/mol. The highest BCUT2D eigenvalue weighted by atomic mass is 32.1. The zero-order valence-electron chi connectivity index (χ0n) is 20.4. The lowest BCUT2D eigenvalue weighted by Gasteiger charge is -2.25. The second-order valence-corrected chi connectivity index (χ2v) is 9.63. The lowest BCUT2D eigenvalue weighted by atomic mass is 10.1. The Morgan fingerprint density at radius 2 is 1.23 bits per heavy atom. The molecule has 1 heterocycles. The van der Waals surface area contributed by atoms with Crippen molar-refractivity contribution in [3.8, 4) is 27.0 Å². The van der Waals surface area contributed by atoms with Crippen LogP contribution in [0.15, 0.2) is 115 Å². The number of anilines is 3. The maximum absolute atomic E-state index is 14.7. The maximum atomic E-state index is 14.7. The highest BCUT2D eigenvalue weighted by Crippen LogP contribution is 2.38. The molecule has 4 aromatic carbocycles. The number of thiophene rings is 1. The molecule has 0 fully saturated rings. The Labute approximate surface area is 228 Å². The van der Waals surface area contributed by atoms with Crippen LogP contribution in [0.3, 0.4) is 0 Å². The number of para-hydroxylation sites is 2. The van der Waals surface area contributed by atoms with Gasteiger partial charge in [-0.2, -0.15) is 5.26 Å². The van der Waals surface area contributed by atoms with Gasteiger partial charge in [0, 0.05) is 32.4 Å². The van der Waals surface area contributed by atoms with Crippen LogP contribution in [0.5, 0.6) is 0 Å². The van der Waals surface area contributed by atoms with Crippen molar-refractivity contribution in [2.24, 2.45) is 0 Å². The van der Waals surface area contributed by atoms with E-state index in [1.165, 1.54) is 17.4 Å². The molecule has 5 rings (SSSR count). The molecule has 190 valence electrons. The zero-order chi connectivity index (χ0) is 27.4. The Morgan fingerprint density at radius 1 is 0.744 bits per heavy atom. The maximum Gasteiger partial charge on any atom is 0.346 e. The number of carboxylic acids is 1. The topological polar surface area (TPSA) is 64.3 Å². The fourth-order valence-electron chi connectivity index (χ4n) is 4.17. The lowest BCUT2D eigenvalue weighted by Crippen LogP contribution is -2.09. The molecule has 0 aliphatic carbocycles. The summed E-state index contributed by atoms with van der Waals surface area (Å²) in [5.74, 6) is -3.44. The lowest BCUT2D eigenvalue weighted by molar-refractivity contribution is -0.132. The van der Waals surface area contributed by atoms with E-state index in [2.05, 4.69) is 29.2 Å². The van der Waals surface area contributed by atoms with E-state index < -0.39 is 28.7 Å². The Bertz CT molecular complexity index is 1640. The fraction of sp³-hybridized carbons (Fsp3) is 0. The SMILES string of the molecule is N#C/C(=C\c1c(F)cc(-c2ccc(-c3ccc(N(c4ccccc4)c4ccccc4)cc3)s2)cc1F)C(=O)O. The van der Waals surface area contributed by atoms with Crippen LogP contribution < -0.4 is 4.90 Å². The molecule has 0 radical (unpaired) electrons. The standard InChI is InChI=1S/C32H20F2N2O2S/c33-28-18-22(19-29(34)27(28)17-23(20-35)32(37)38)31-16-15-30(39-31)21-11-13-26(14-12-21)36(24-7-3-1-4-8-24)25-9-5-2-6-10-25/h1-19H,(H,37,38)/b23-17+. The summed E-state index contributed by atoms with van der Waals surface area (Å²) in [6.45, 7) is 0. The number of nitrogens with zero attached hydrogens (tertiary/aromatic N) is 2. The van der Waals surface area contributed by atoms with Gasteiger partial charge in [0.1, 0.15) is 23.3 Å².